The van der Waals surface area contributed by atoms with Crippen molar-refractivity contribution in [1.29, 1.82) is 0 Å². The Morgan fingerprint density at radius 2 is 1.79 bits per heavy atom. The van der Waals surface area contributed by atoms with Gasteiger partial charge in [0.05, 0.1) is 6.61 Å². The molecule has 0 radical (unpaired) electrons. The number of methoxy groups -OCH3 is 1. The molecule has 0 aliphatic carbocycles. The van der Waals surface area contributed by atoms with Crippen molar-refractivity contribution in [2.45, 2.75) is 6.10 Å². The Bertz CT molecular complexity index is 681. The van der Waals surface area contributed by atoms with Gasteiger partial charge < -0.3 is 34.7 Å². The Kier molecular flexibility index (Phi) is 10.9. The van der Waals surface area contributed by atoms with Crippen molar-refractivity contribution in [2.75, 3.05) is 53.2 Å². The molecule has 0 aliphatic rings. The first-order valence-corrected chi connectivity index (χ1v) is 10.3. The second-order valence-corrected chi connectivity index (χ2v) is 6.86. The molecule has 0 saturated heterocycles. The third kappa shape index (κ3) is 10.1. The van der Waals surface area contributed by atoms with Crippen molar-refractivity contribution in [3.05, 3.63) is 41.1 Å². The summed E-state index contributed by atoms with van der Waals surface area (Å²) in [6, 6.07) is 8.92. The highest BCUT2D eigenvalue weighted by Gasteiger charge is 2.05. The van der Waals surface area contributed by atoms with Crippen LogP contribution in [0.1, 0.15) is 0 Å². The van der Waals surface area contributed by atoms with E-state index in [-0.39, 0.29) is 19.1 Å². The number of nitrogens with one attached hydrogen (secondary N) is 2. The zero-order valence-electron chi connectivity index (χ0n) is 16.5. The van der Waals surface area contributed by atoms with Gasteiger partial charge in [0.25, 0.3) is 5.91 Å². The fourth-order valence-electron chi connectivity index (χ4n) is 2.22. The molecule has 1 heterocycles. The Balaban J connectivity index is 1.52. The van der Waals surface area contributed by atoms with Crippen LogP contribution < -0.4 is 24.8 Å². The van der Waals surface area contributed by atoms with Gasteiger partial charge in [0.1, 0.15) is 36.6 Å². The van der Waals surface area contributed by atoms with E-state index in [0.717, 1.165) is 5.75 Å². The summed E-state index contributed by atoms with van der Waals surface area (Å²) in [6.07, 6.45) is -0.585. The van der Waals surface area contributed by atoms with E-state index in [9.17, 15) is 9.90 Å². The molecule has 0 fully saturated rings. The molecule has 0 spiro atoms. The molecule has 2 aromatic rings. The summed E-state index contributed by atoms with van der Waals surface area (Å²) >= 11 is 1.55. The van der Waals surface area contributed by atoms with Gasteiger partial charge in [0.15, 0.2) is 6.61 Å². The molecular formula is C20H28N2O6S. The van der Waals surface area contributed by atoms with Crippen LogP contribution >= 0.6 is 11.3 Å². The van der Waals surface area contributed by atoms with Crippen LogP contribution in [0.15, 0.2) is 41.1 Å². The minimum absolute atomic E-state index is 0.0493. The van der Waals surface area contributed by atoms with E-state index in [1.807, 2.05) is 16.8 Å². The number of carbonyl (C=O) groups excluding carboxylic acids is 1. The van der Waals surface area contributed by atoms with Crippen LogP contribution in [-0.2, 0) is 9.53 Å². The molecule has 2 rings (SSSR count). The summed E-state index contributed by atoms with van der Waals surface area (Å²) < 4.78 is 21.4. The molecule has 3 N–H and O–H groups in total. The summed E-state index contributed by atoms with van der Waals surface area (Å²) in [5.41, 5.74) is 0. The molecule has 9 heteroatoms. The molecule has 1 aromatic heterocycles. The van der Waals surface area contributed by atoms with Crippen LogP contribution in [0.4, 0.5) is 0 Å². The van der Waals surface area contributed by atoms with Crippen molar-refractivity contribution < 1.29 is 28.8 Å². The maximum absolute atomic E-state index is 11.6. The third-order valence-corrected chi connectivity index (χ3v) is 4.35. The predicted molar refractivity (Wildman–Crippen MR) is 111 cm³/mol. The first kappa shape index (κ1) is 23.0. The van der Waals surface area contributed by atoms with Crippen molar-refractivity contribution in [3.8, 4) is 17.2 Å². The van der Waals surface area contributed by atoms with Gasteiger partial charge in [0.2, 0.25) is 0 Å². The first-order chi connectivity index (χ1) is 14.2. The van der Waals surface area contributed by atoms with E-state index in [1.54, 1.807) is 42.7 Å². The van der Waals surface area contributed by atoms with E-state index in [2.05, 4.69) is 10.6 Å². The van der Waals surface area contributed by atoms with Gasteiger partial charge in [-0.15, -0.1) is 11.3 Å². The molecule has 1 amide bonds. The number of hydrogen-bond donors (Lipinski definition) is 3. The lowest BCUT2D eigenvalue weighted by atomic mass is 10.3. The highest BCUT2D eigenvalue weighted by atomic mass is 32.1. The summed E-state index contributed by atoms with van der Waals surface area (Å²) in [6.45, 7) is 2.59. The summed E-state index contributed by atoms with van der Waals surface area (Å²) in [7, 11) is 1.58. The maximum Gasteiger partial charge on any atom is 0.258 e. The molecule has 0 aliphatic heterocycles. The number of carbonyl (C=O) groups is 1. The van der Waals surface area contributed by atoms with Crippen LogP contribution in [0.5, 0.6) is 17.2 Å². The minimum Gasteiger partial charge on any atom is -0.492 e. The topological polar surface area (TPSA) is 98.3 Å². The number of hydrogen-bond acceptors (Lipinski definition) is 8. The fourth-order valence-corrected chi connectivity index (χ4v) is 2.79. The molecule has 1 atom stereocenters. The Morgan fingerprint density at radius 1 is 1.03 bits per heavy atom. The van der Waals surface area contributed by atoms with Crippen molar-refractivity contribution in [2.24, 2.45) is 0 Å². The van der Waals surface area contributed by atoms with E-state index >= 15 is 0 Å². The van der Waals surface area contributed by atoms with Gasteiger partial charge in [-0.05, 0) is 35.7 Å². The number of benzene rings is 1. The lowest BCUT2D eigenvalue weighted by Gasteiger charge is -2.13. The maximum atomic E-state index is 11.6. The van der Waals surface area contributed by atoms with Gasteiger partial charge in [-0.3, -0.25) is 4.79 Å². The lowest BCUT2D eigenvalue weighted by molar-refractivity contribution is -0.123. The van der Waals surface area contributed by atoms with Gasteiger partial charge in [-0.25, -0.2) is 0 Å². The van der Waals surface area contributed by atoms with E-state index < -0.39 is 6.10 Å². The number of ether oxygens (including phenoxy) is 4. The smallest absolute Gasteiger partial charge is 0.258 e. The fraction of sp³-hybridized carbons (Fsp3) is 0.450. The Labute approximate surface area is 174 Å². The average Bonchev–Trinajstić information content (AvgIpc) is 3.25. The lowest BCUT2D eigenvalue weighted by Crippen LogP contribution is -2.33. The standard InChI is InChI=1S/C20H28N2O6S/c1-25-9-8-22-20(24)14-28-18-4-2-17(3-5-18)26-10-7-21-12-16(23)13-27-19-6-11-29-15-19/h2-6,11,15-16,21,23H,7-10,12-14H2,1H3,(H,22,24). The van der Waals surface area contributed by atoms with Gasteiger partial charge in [0, 0.05) is 32.1 Å². The minimum atomic E-state index is -0.585. The van der Waals surface area contributed by atoms with Crippen LogP contribution in [0.25, 0.3) is 0 Å². The Morgan fingerprint density at radius 3 is 2.48 bits per heavy atom. The summed E-state index contributed by atoms with van der Waals surface area (Å²) in [5, 5.41) is 19.5. The average molecular weight is 425 g/mol. The number of amides is 1. The highest BCUT2D eigenvalue weighted by Crippen LogP contribution is 2.17. The Hall–Kier alpha value is -2.33. The SMILES string of the molecule is COCCNC(=O)COc1ccc(OCCNCC(O)COc2ccsc2)cc1. The number of rotatable bonds is 15. The zero-order valence-corrected chi connectivity index (χ0v) is 17.3. The van der Waals surface area contributed by atoms with Crippen molar-refractivity contribution in [1.82, 2.24) is 10.6 Å². The summed E-state index contributed by atoms with van der Waals surface area (Å²) in [4.78, 5) is 11.6. The third-order valence-electron chi connectivity index (χ3n) is 3.69. The predicted octanol–water partition coefficient (Wildman–Crippen LogP) is 1.30. The normalized spacial score (nSPS) is 11.7. The highest BCUT2D eigenvalue weighted by molar-refractivity contribution is 7.08. The quantitative estimate of drug-likeness (QED) is 0.371. The molecule has 0 saturated carbocycles. The van der Waals surface area contributed by atoms with Crippen LogP contribution in [0.3, 0.4) is 0 Å². The van der Waals surface area contributed by atoms with Crippen LogP contribution in [0, 0.1) is 0 Å². The first-order valence-electron chi connectivity index (χ1n) is 9.32. The van der Waals surface area contributed by atoms with E-state index in [0.29, 0.717) is 44.3 Å². The van der Waals surface area contributed by atoms with Gasteiger partial charge in [-0.2, -0.15) is 0 Å². The van der Waals surface area contributed by atoms with Gasteiger partial charge >= 0.3 is 0 Å². The number of aliphatic hydroxyl groups excluding tert-OH is 1. The van der Waals surface area contributed by atoms with E-state index in [4.69, 9.17) is 18.9 Å². The van der Waals surface area contributed by atoms with Crippen molar-refractivity contribution in [3.63, 3.8) is 0 Å². The molecule has 29 heavy (non-hydrogen) atoms. The van der Waals surface area contributed by atoms with Crippen LogP contribution in [0.2, 0.25) is 0 Å². The zero-order chi connectivity index (χ0) is 20.7. The van der Waals surface area contributed by atoms with Crippen LogP contribution in [-0.4, -0.2) is 70.3 Å². The number of aliphatic hydroxyl groups is 1. The molecule has 160 valence electrons. The molecule has 0 bridgehead atoms. The number of thiophene rings is 1. The van der Waals surface area contributed by atoms with Crippen molar-refractivity contribution >= 4 is 17.2 Å². The molecule has 1 unspecified atom stereocenters. The largest absolute Gasteiger partial charge is 0.492 e. The summed E-state index contributed by atoms with van der Waals surface area (Å²) in [5.74, 6) is 1.86. The molecule has 8 nitrogen and oxygen atoms in total. The van der Waals surface area contributed by atoms with E-state index in [1.165, 1.54) is 0 Å². The molecule has 1 aromatic carbocycles. The van der Waals surface area contributed by atoms with Gasteiger partial charge in [-0.1, -0.05) is 0 Å². The second-order valence-electron chi connectivity index (χ2n) is 6.08. The molecular weight excluding hydrogens is 396 g/mol. The monoisotopic (exact) mass is 424 g/mol. The second kappa shape index (κ2) is 13.8.